The van der Waals surface area contributed by atoms with Gasteiger partial charge in [-0.3, -0.25) is 9.97 Å². The minimum Gasteiger partial charge on any atom is -0.450 e. The number of amides is 1. The molecule has 1 aromatic carbocycles. The lowest BCUT2D eigenvalue weighted by molar-refractivity contribution is 0.143. The fourth-order valence-electron chi connectivity index (χ4n) is 3.49. The van der Waals surface area contributed by atoms with Crippen LogP contribution in [0, 0.1) is 5.92 Å². The van der Waals surface area contributed by atoms with Crippen LogP contribution in [0.2, 0.25) is 0 Å². The molecule has 0 aliphatic heterocycles. The van der Waals surface area contributed by atoms with E-state index in [-0.39, 0.29) is 12.1 Å². The summed E-state index contributed by atoms with van der Waals surface area (Å²) in [4.78, 5) is 20.3. The average molecular weight is 328 g/mol. The molecule has 3 rings (SSSR count). The first-order valence-corrected chi connectivity index (χ1v) is 8.58. The molecule has 0 bridgehead atoms. The molecule has 6 nitrogen and oxygen atoms in total. The number of nitrogens with one attached hydrogen (secondary N) is 1. The molecule has 1 aliphatic carbocycles. The maximum Gasteiger partial charge on any atom is 0.407 e. The number of aromatic nitrogens is 2. The SMILES string of the molecule is CCOC(=O)NC1CCC(Cc2cc(N)cc3nccnc23)CC1. The van der Waals surface area contributed by atoms with Crippen LogP contribution in [0.5, 0.6) is 0 Å². The molecule has 128 valence electrons. The van der Waals surface area contributed by atoms with Gasteiger partial charge in [-0.25, -0.2) is 4.79 Å². The number of nitrogens with zero attached hydrogens (tertiary/aromatic N) is 2. The number of nitrogen functional groups attached to an aromatic ring is 1. The number of benzene rings is 1. The molecule has 1 saturated carbocycles. The van der Waals surface area contributed by atoms with Crippen LogP contribution in [0.1, 0.15) is 38.2 Å². The van der Waals surface area contributed by atoms with E-state index in [1.54, 1.807) is 12.4 Å². The van der Waals surface area contributed by atoms with Crippen molar-refractivity contribution < 1.29 is 9.53 Å². The number of carbonyl (C=O) groups excluding carboxylic acids is 1. The van der Waals surface area contributed by atoms with Crippen molar-refractivity contribution in [2.45, 2.75) is 45.1 Å². The first-order chi connectivity index (χ1) is 11.7. The lowest BCUT2D eigenvalue weighted by Crippen LogP contribution is -2.38. The van der Waals surface area contributed by atoms with Crippen LogP contribution < -0.4 is 11.1 Å². The maximum absolute atomic E-state index is 11.5. The van der Waals surface area contributed by atoms with Crippen molar-refractivity contribution in [3.05, 3.63) is 30.1 Å². The van der Waals surface area contributed by atoms with Crippen LogP contribution in [-0.2, 0) is 11.2 Å². The Labute approximate surface area is 141 Å². The monoisotopic (exact) mass is 328 g/mol. The van der Waals surface area contributed by atoms with Crippen molar-refractivity contribution in [2.75, 3.05) is 12.3 Å². The molecule has 0 spiro atoms. The molecule has 0 saturated heterocycles. The highest BCUT2D eigenvalue weighted by atomic mass is 16.5. The van der Waals surface area contributed by atoms with Crippen LogP contribution in [-0.4, -0.2) is 28.7 Å². The van der Waals surface area contributed by atoms with Crippen molar-refractivity contribution >= 4 is 22.8 Å². The largest absolute Gasteiger partial charge is 0.450 e. The summed E-state index contributed by atoms with van der Waals surface area (Å²) in [5.74, 6) is 0.581. The molecule has 6 heteroatoms. The number of anilines is 1. The van der Waals surface area contributed by atoms with E-state index < -0.39 is 0 Å². The molecule has 1 aromatic heterocycles. The Bertz CT molecular complexity index is 711. The van der Waals surface area contributed by atoms with Crippen LogP contribution in [0.4, 0.5) is 10.5 Å². The second-order valence-corrected chi connectivity index (χ2v) is 6.39. The Morgan fingerprint density at radius 2 is 2.00 bits per heavy atom. The molecular weight excluding hydrogens is 304 g/mol. The smallest absolute Gasteiger partial charge is 0.407 e. The van der Waals surface area contributed by atoms with Gasteiger partial charge in [0.25, 0.3) is 0 Å². The molecule has 0 unspecified atom stereocenters. The predicted octanol–water partition coefficient (Wildman–Crippen LogP) is 3.06. The summed E-state index contributed by atoms with van der Waals surface area (Å²) in [7, 11) is 0. The summed E-state index contributed by atoms with van der Waals surface area (Å²) < 4.78 is 4.95. The minimum absolute atomic E-state index is 0.220. The van der Waals surface area contributed by atoms with E-state index >= 15 is 0 Å². The Kier molecular flexibility index (Phi) is 5.13. The Balaban J connectivity index is 1.61. The van der Waals surface area contributed by atoms with Gasteiger partial charge < -0.3 is 15.8 Å². The van der Waals surface area contributed by atoms with E-state index in [9.17, 15) is 4.79 Å². The van der Waals surface area contributed by atoms with Gasteiger partial charge in [0.1, 0.15) is 0 Å². The fourth-order valence-corrected chi connectivity index (χ4v) is 3.49. The standard InChI is InChI=1S/C18H24N4O2/c1-2-24-18(23)22-15-5-3-12(4-6-15)9-13-10-14(19)11-16-17(13)21-8-7-20-16/h7-8,10-12,15H,2-6,9,19H2,1H3,(H,22,23). The molecule has 1 heterocycles. The summed E-state index contributed by atoms with van der Waals surface area (Å²) in [6, 6.07) is 4.10. The van der Waals surface area contributed by atoms with Crippen LogP contribution in [0.25, 0.3) is 11.0 Å². The predicted molar refractivity (Wildman–Crippen MR) is 93.6 cm³/mol. The van der Waals surface area contributed by atoms with Crippen molar-refractivity contribution in [2.24, 2.45) is 5.92 Å². The van der Waals surface area contributed by atoms with E-state index in [2.05, 4.69) is 15.3 Å². The zero-order valence-corrected chi connectivity index (χ0v) is 14.0. The molecule has 1 aliphatic rings. The minimum atomic E-state index is -0.307. The lowest BCUT2D eigenvalue weighted by atomic mass is 9.82. The highest BCUT2D eigenvalue weighted by Crippen LogP contribution is 2.30. The van der Waals surface area contributed by atoms with E-state index in [1.165, 1.54) is 5.56 Å². The number of carbonyl (C=O) groups is 1. The Hall–Kier alpha value is -2.37. The lowest BCUT2D eigenvalue weighted by Gasteiger charge is -2.29. The Morgan fingerprint density at radius 1 is 1.25 bits per heavy atom. The summed E-state index contributed by atoms with van der Waals surface area (Å²) >= 11 is 0. The number of hydrogen-bond acceptors (Lipinski definition) is 5. The van der Waals surface area contributed by atoms with Crippen LogP contribution in [0.3, 0.4) is 0 Å². The highest BCUT2D eigenvalue weighted by molar-refractivity contribution is 5.81. The van der Waals surface area contributed by atoms with Crippen molar-refractivity contribution in [1.29, 1.82) is 0 Å². The van der Waals surface area contributed by atoms with E-state index in [4.69, 9.17) is 10.5 Å². The molecule has 3 N–H and O–H groups in total. The summed E-state index contributed by atoms with van der Waals surface area (Å²) in [5, 5.41) is 2.94. The van der Waals surface area contributed by atoms with Crippen molar-refractivity contribution in [3.63, 3.8) is 0 Å². The van der Waals surface area contributed by atoms with Gasteiger partial charge in [0.05, 0.1) is 17.6 Å². The molecule has 24 heavy (non-hydrogen) atoms. The summed E-state index contributed by atoms with van der Waals surface area (Å²) in [6.07, 6.45) is 8.18. The van der Waals surface area contributed by atoms with E-state index in [0.717, 1.165) is 48.8 Å². The van der Waals surface area contributed by atoms with Crippen molar-refractivity contribution in [1.82, 2.24) is 15.3 Å². The van der Waals surface area contributed by atoms with E-state index in [1.807, 2.05) is 19.1 Å². The fraction of sp³-hybridized carbons (Fsp3) is 0.500. The molecule has 1 amide bonds. The number of ether oxygens (including phenoxy) is 1. The van der Waals surface area contributed by atoms with Gasteiger partial charge in [-0.05, 0) is 62.6 Å². The number of nitrogens with two attached hydrogens (primary N) is 1. The van der Waals surface area contributed by atoms with Crippen LogP contribution >= 0.6 is 0 Å². The first kappa shape index (κ1) is 16.5. The summed E-state index contributed by atoms with van der Waals surface area (Å²) in [6.45, 7) is 2.22. The molecule has 0 atom stereocenters. The second-order valence-electron chi connectivity index (χ2n) is 6.39. The van der Waals surface area contributed by atoms with E-state index in [0.29, 0.717) is 12.5 Å². The molecule has 1 fully saturated rings. The van der Waals surface area contributed by atoms with Gasteiger partial charge in [-0.2, -0.15) is 0 Å². The Morgan fingerprint density at radius 3 is 2.75 bits per heavy atom. The number of rotatable bonds is 4. The molecular formula is C18H24N4O2. The van der Waals surface area contributed by atoms with Gasteiger partial charge in [0.2, 0.25) is 0 Å². The number of hydrogen-bond donors (Lipinski definition) is 2. The first-order valence-electron chi connectivity index (χ1n) is 8.58. The maximum atomic E-state index is 11.5. The van der Waals surface area contributed by atoms with Gasteiger partial charge in [0, 0.05) is 24.1 Å². The molecule has 2 aromatic rings. The topological polar surface area (TPSA) is 90.1 Å². The zero-order valence-electron chi connectivity index (χ0n) is 14.0. The van der Waals surface area contributed by atoms with Gasteiger partial charge in [-0.15, -0.1) is 0 Å². The summed E-state index contributed by atoms with van der Waals surface area (Å²) in [5.41, 5.74) is 9.70. The highest BCUT2D eigenvalue weighted by Gasteiger charge is 2.23. The molecule has 0 radical (unpaired) electrons. The van der Waals surface area contributed by atoms with Gasteiger partial charge >= 0.3 is 6.09 Å². The van der Waals surface area contributed by atoms with Gasteiger partial charge in [0.15, 0.2) is 0 Å². The average Bonchev–Trinajstić information content (AvgIpc) is 2.57. The number of fused-ring (bicyclic) bond motifs is 1. The van der Waals surface area contributed by atoms with Crippen molar-refractivity contribution in [3.8, 4) is 0 Å². The van der Waals surface area contributed by atoms with Crippen LogP contribution in [0.15, 0.2) is 24.5 Å². The zero-order chi connectivity index (χ0) is 16.9. The number of alkyl carbamates (subject to hydrolysis) is 1. The quantitative estimate of drug-likeness (QED) is 0.842. The van der Waals surface area contributed by atoms with Gasteiger partial charge in [-0.1, -0.05) is 0 Å². The third-order valence-electron chi connectivity index (χ3n) is 4.63. The third kappa shape index (κ3) is 3.93. The third-order valence-corrected chi connectivity index (χ3v) is 4.63. The normalized spacial score (nSPS) is 20.7. The second kappa shape index (κ2) is 7.47.